The molecule has 0 aromatic carbocycles. The standard InChI is InChI=1S/C12H16BrClN2/c1-8(9-4-2-3-5-9)16-11-6-10(13)7-15-12(11)14/h6-9,16H,2-5H2,1H3. The molecule has 0 radical (unpaired) electrons. The Kier molecular flexibility index (Phi) is 4.09. The number of halogens is 2. The van der Waals surface area contributed by atoms with Gasteiger partial charge in [0.05, 0.1) is 5.69 Å². The number of anilines is 1. The smallest absolute Gasteiger partial charge is 0.152 e. The van der Waals surface area contributed by atoms with E-state index in [0.717, 1.165) is 16.1 Å². The van der Waals surface area contributed by atoms with E-state index in [1.54, 1.807) is 6.20 Å². The van der Waals surface area contributed by atoms with Crippen LogP contribution in [0, 0.1) is 5.92 Å². The Morgan fingerprint density at radius 2 is 2.19 bits per heavy atom. The van der Waals surface area contributed by atoms with E-state index in [2.05, 4.69) is 33.2 Å². The Balaban J connectivity index is 2.04. The van der Waals surface area contributed by atoms with Crippen LogP contribution >= 0.6 is 27.5 Å². The molecular formula is C12H16BrClN2. The van der Waals surface area contributed by atoms with Crippen molar-refractivity contribution >= 4 is 33.2 Å². The van der Waals surface area contributed by atoms with Gasteiger partial charge in [-0.05, 0) is 47.7 Å². The Hall–Kier alpha value is -0.280. The molecule has 0 saturated heterocycles. The number of hydrogen-bond donors (Lipinski definition) is 1. The van der Waals surface area contributed by atoms with E-state index >= 15 is 0 Å². The summed E-state index contributed by atoms with van der Waals surface area (Å²) in [5.41, 5.74) is 0.926. The molecule has 1 fully saturated rings. The van der Waals surface area contributed by atoms with Gasteiger partial charge in [-0.15, -0.1) is 0 Å². The van der Waals surface area contributed by atoms with Crippen LogP contribution in [0.15, 0.2) is 16.7 Å². The molecule has 0 bridgehead atoms. The summed E-state index contributed by atoms with van der Waals surface area (Å²) in [6, 6.07) is 2.46. The maximum absolute atomic E-state index is 6.05. The van der Waals surface area contributed by atoms with Crippen LogP contribution in [0.3, 0.4) is 0 Å². The van der Waals surface area contributed by atoms with Gasteiger partial charge in [0.15, 0.2) is 5.15 Å². The zero-order valence-corrected chi connectivity index (χ0v) is 11.7. The molecule has 1 aromatic rings. The number of pyridine rings is 1. The number of nitrogens with one attached hydrogen (secondary N) is 1. The Bertz CT molecular complexity index is 364. The van der Waals surface area contributed by atoms with E-state index < -0.39 is 0 Å². The van der Waals surface area contributed by atoms with E-state index in [-0.39, 0.29) is 0 Å². The van der Waals surface area contributed by atoms with Crippen LogP contribution in [0.4, 0.5) is 5.69 Å². The summed E-state index contributed by atoms with van der Waals surface area (Å²) in [7, 11) is 0. The van der Waals surface area contributed by atoms with Crippen LogP contribution in [0.5, 0.6) is 0 Å². The molecule has 1 heterocycles. The molecule has 2 rings (SSSR count). The number of nitrogens with zero attached hydrogens (tertiary/aromatic N) is 1. The van der Waals surface area contributed by atoms with E-state index in [1.165, 1.54) is 25.7 Å². The first-order chi connectivity index (χ1) is 7.66. The van der Waals surface area contributed by atoms with E-state index in [9.17, 15) is 0 Å². The average molecular weight is 304 g/mol. The molecule has 16 heavy (non-hydrogen) atoms. The van der Waals surface area contributed by atoms with Crippen molar-refractivity contribution in [3.63, 3.8) is 0 Å². The molecule has 1 aromatic heterocycles. The summed E-state index contributed by atoms with van der Waals surface area (Å²) in [6.45, 7) is 2.23. The fourth-order valence-corrected chi connectivity index (χ4v) is 2.83. The molecular weight excluding hydrogens is 288 g/mol. The topological polar surface area (TPSA) is 24.9 Å². The third-order valence-corrected chi connectivity index (χ3v) is 4.03. The fraction of sp³-hybridized carbons (Fsp3) is 0.583. The number of hydrogen-bond acceptors (Lipinski definition) is 2. The van der Waals surface area contributed by atoms with Crippen LogP contribution in [0.2, 0.25) is 5.15 Å². The third kappa shape index (κ3) is 2.89. The molecule has 1 aliphatic rings. The summed E-state index contributed by atoms with van der Waals surface area (Å²) in [5, 5.41) is 4.02. The summed E-state index contributed by atoms with van der Waals surface area (Å²) in [6.07, 6.45) is 7.09. The van der Waals surface area contributed by atoms with Crippen molar-refractivity contribution in [2.45, 2.75) is 38.6 Å². The predicted molar refractivity (Wildman–Crippen MR) is 72.0 cm³/mol. The summed E-state index contributed by atoms with van der Waals surface area (Å²) >= 11 is 9.46. The third-order valence-electron chi connectivity index (χ3n) is 3.30. The van der Waals surface area contributed by atoms with Gasteiger partial charge in [-0.3, -0.25) is 0 Å². The Morgan fingerprint density at radius 1 is 1.50 bits per heavy atom. The highest BCUT2D eigenvalue weighted by Crippen LogP contribution is 2.31. The van der Waals surface area contributed by atoms with Crippen molar-refractivity contribution < 1.29 is 0 Å². The van der Waals surface area contributed by atoms with Crippen molar-refractivity contribution in [3.05, 3.63) is 21.9 Å². The quantitative estimate of drug-likeness (QED) is 0.832. The largest absolute Gasteiger partial charge is 0.380 e. The highest BCUT2D eigenvalue weighted by atomic mass is 79.9. The lowest BCUT2D eigenvalue weighted by molar-refractivity contribution is 0.482. The van der Waals surface area contributed by atoms with Crippen LogP contribution < -0.4 is 5.32 Å². The molecule has 2 nitrogen and oxygen atoms in total. The SMILES string of the molecule is CC(Nc1cc(Br)cnc1Cl)C1CCCC1. The minimum atomic E-state index is 0.469. The normalized spacial score (nSPS) is 18.7. The average Bonchev–Trinajstić information content (AvgIpc) is 2.76. The monoisotopic (exact) mass is 302 g/mol. The summed E-state index contributed by atoms with van der Waals surface area (Å²) in [4.78, 5) is 4.11. The van der Waals surface area contributed by atoms with Crippen LogP contribution in [-0.2, 0) is 0 Å². The highest BCUT2D eigenvalue weighted by Gasteiger charge is 2.21. The molecule has 1 N–H and O–H groups in total. The molecule has 1 saturated carbocycles. The lowest BCUT2D eigenvalue weighted by Gasteiger charge is -2.22. The van der Waals surface area contributed by atoms with E-state index in [1.807, 2.05) is 6.07 Å². The van der Waals surface area contributed by atoms with Crippen LogP contribution in [0.1, 0.15) is 32.6 Å². The summed E-state index contributed by atoms with van der Waals surface area (Å²) in [5.74, 6) is 0.773. The fourth-order valence-electron chi connectivity index (χ4n) is 2.34. The van der Waals surface area contributed by atoms with Gasteiger partial charge in [0.1, 0.15) is 0 Å². The maximum atomic E-state index is 6.05. The molecule has 0 spiro atoms. The highest BCUT2D eigenvalue weighted by molar-refractivity contribution is 9.10. The molecule has 0 amide bonds. The molecule has 1 unspecified atom stereocenters. The van der Waals surface area contributed by atoms with Gasteiger partial charge >= 0.3 is 0 Å². The van der Waals surface area contributed by atoms with Crippen LogP contribution in [-0.4, -0.2) is 11.0 Å². The molecule has 1 atom stereocenters. The van der Waals surface area contributed by atoms with Crippen molar-refractivity contribution in [2.75, 3.05) is 5.32 Å². The second-order valence-corrected chi connectivity index (χ2v) is 5.74. The maximum Gasteiger partial charge on any atom is 0.152 e. The molecule has 0 aliphatic heterocycles. The van der Waals surface area contributed by atoms with Crippen molar-refractivity contribution in [1.29, 1.82) is 0 Å². The lowest BCUT2D eigenvalue weighted by Crippen LogP contribution is -2.24. The van der Waals surface area contributed by atoms with Crippen LogP contribution in [0.25, 0.3) is 0 Å². The zero-order valence-electron chi connectivity index (χ0n) is 9.34. The number of aromatic nitrogens is 1. The van der Waals surface area contributed by atoms with Crippen molar-refractivity contribution in [3.8, 4) is 0 Å². The first-order valence-electron chi connectivity index (χ1n) is 5.74. The first kappa shape index (κ1) is 12.2. The first-order valence-corrected chi connectivity index (χ1v) is 6.91. The lowest BCUT2D eigenvalue weighted by atomic mass is 10.00. The summed E-state index contributed by atoms with van der Waals surface area (Å²) < 4.78 is 0.957. The Morgan fingerprint density at radius 3 is 2.88 bits per heavy atom. The van der Waals surface area contributed by atoms with Gasteiger partial charge in [-0.25, -0.2) is 4.98 Å². The minimum Gasteiger partial charge on any atom is -0.380 e. The number of rotatable bonds is 3. The predicted octanol–water partition coefficient (Wildman–Crippen LogP) is 4.49. The van der Waals surface area contributed by atoms with Gasteiger partial charge in [0.2, 0.25) is 0 Å². The second kappa shape index (κ2) is 5.37. The van der Waals surface area contributed by atoms with E-state index in [0.29, 0.717) is 11.2 Å². The molecule has 88 valence electrons. The van der Waals surface area contributed by atoms with Gasteiger partial charge < -0.3 is 5.32 Å². The van der Waals surface area contributed by atoms with E-state index in [4.69, 9.17) is 11.6 Å². The van der Waals surface area contributed by atoms with Gasteiger partial charge in [0.25, 0.3) is 0 Å². The second-order valence-electron chi connectivity index (χ2n) is 4.47. The van der Waals surface area contributed by atoms with Gasteiger partial charge in [0, 0.05) is 16.7 Å². The minimum absolute atomic E-state index is 0.469. The molecule has 4 heteroatoms. The van der Waals surface area contributed by atoms with Crippen molar-refractivity contribution in [1.82, 2.24) is 4.98 Å². The Labute approximate surface area is 110 Å². The molecule has 1 aliphatic carbocycles. The van der Waals surface area contributed by atoms with Crippen molar-refractivity contribution in [2.24, 2.45) is 5.92 Å². The van der Waals surface area contributed by atoms with Gasteiger partial charge in [-0.2, -0.15) is 0 Å². The zero-order chi connectivity index (χ0) is 11.5. The van der Waals surface area contributed by atoms with Gasteiger partial charge in [-0.1, -0.05) is 24.4 Å².